The first-order chi connectivity index (χ1) is 11.7. The van der Waals surface area contributed by atoms with Crippen molar-refractivity contribution in [2.45, 2.75) is 12.5 Å². The van der Waals surface area contributed by atoms with Crippen LogP contribution in [0.25, 0.3) is 17.0 Å². The number of aromatic amines is 2. The first-order valence-electron chi connectivity index (χ1n) is 7.57. The monoisotopic (exact) mass is 321 g/mol. The number of amides is 2. The lowest BCUT2D eigenvalue weighted by molar-refractivity contribution is -0.131. The first kappa shape index (κ1) is 14.3. The molecular formula is C17H15N5O2. The molecule has 1 aliphatic rings. The van der Waals surface area contributed by atoms with E-state index in [1.54, 1.807) is 12.3 Å². The van der Waals surface area contributed by atoms with Gasteiger partial charge in [-0.15, -0.1) is 0 Å². The third kappa shape index (κ3) is 2.56. The lowest BCUT2D eigenvalue weighted by Crippen LogP contribution is -2.55. The van der Waals surface area contributed by atoms with E-state index in [1.165, 1.54) is 6.33 Å². The van der Waals surface area contributed by atoms with Crippen molar-refractivity contribution < 1.29 is 9.59 Å². The summed E-state index contributed by atoms with van der Waals surface area (Å²) in [7, 11) is 0. The highest BCUT2D eigenvalue weighted by atomic mass is 16.2. The highest BCUT2D eigenvalue weighted by molar-refractivity contribution is 6.07. The molecule has 1 aliphatic heterocycles. The molecule has 0 bridgehead atoms. The number of nitrogens with one attached hydrogen (secondary N) is 4. The number of rotatable bonds is 3. The normalized spacial score (nSPS) is 19.5. The lowest BCUT2D eigenvalue weighted by atomic mass is 10.0. The van der Waals surface area contributed by atoms with Gasteiger partial charge in [0.05, 0.1) is 18.2 Å². The Labute approximate surface area is 137 Å². The number of hydrogen-bond acceptors (Lipinski definition) is 3. The van der Waals surface area contributed by atoms with Crippen LogP contribution in [0.2, 0.25) is 0 Å². The number of aromatic nitrogens is 3. The average Bonchev–Trinajstić information content (AvgIpc) is 3.22. The standard InChI is InChI=1S/C17H15N5O2/c23-16-14(5-10-7-19-13-4-2-1-3-12(10)13)21-17(24)15(22-16)6-11-8-18-9-20-11/h1-4,6-9,14,19H,5H2,(H,18,20)(H,21,24)(H,22,23)/b15-6+/t14-/m1/s1. The Kier molecular flexibility index (Phi) is 3.38. The fraction of sp³-hybridized carbons (Fsp3) is 0.118. The Morgan fingerprint density at radius 3 is 2.88 bits per heavy atom. The fourth-order valence-electron chi connectivity index (χ4n) is 2.85. The van der Waals surface area contributed by atoms with Crippen molar-refractivity contribution in [1.29, 1.82) is 0 Å². The SMILES string of the molecule is O=C1N[C@H](Cc2c[nH]c3ccccc23)C(=O)N/C1=C/c1cnc[nH]1. The molecule has 24 heavy (non-hydrogen) atoms. The fourth-order valence-corrected chi connectivity index (χ4v) is 2.85. The quantitative estimate of drug-likeness (QED) is 0.543. The molecule has 2 amide bonds. The third-order valence-electron chi connectivity index (χ3n) is 4.04. The predicted molar refractivity (Wildman–Crippen MR) is 88.6 cm³/mol. The van der Waals surface area contributed by atoms with Crippen molar-refractivity contribution in [3.8, 4) is 0 Å². The van der Waals surface area contributed by atoms with Crippen molar-refractivity contribution in [1.82, 2.24) is 25.6 Å². The molecule has 3 heterocycles. The van der Waals surface area contributed by atoms with Crippen LogP contribution < -0.4 is 10.6 Å². The maximum Gasteiger partial charge on any atom is 0.268 e. The van der Waals surface area contributed by atoms with E-state index in [4.69, 9.17) is 0 Å². The summed E-state index contributed by atoms with van der Waals surface area (Å²) in [4.78, 5) is 34.5. The molecule has 0 aliphatic carbocycles. The maximum absolute atomic E-state index is 12.3. The van der Waals surface area contributed by atoms with Crippen molar-refractivity contribution in [3.05, 3.63) is 59.9 Å². The molecule has 0 saturated carbocycles. The number of imidazole rings is 1. The number of carbonyl (C=O) groups is 2. The van der Waals surface area contributed by atoms with E-state index < -0.39 is 6.04 Å². The topological polar surface area (TPSA) is 103 Å². The number of carbonyl (C=O) groups excluding carboxylic acids is 2. The summed E-state index contributed by atoms with van der Waals surface area (Å²) in [6, 6.07) is 7.27. The van der Waals surface area contributed by atoms with Crippen molar-refractivity contribution in [3.63, 3.8) is 0 Å². The molecule has 2 aromatic heterocycles. The summed E-state index contributed by atoms with van der Waals surface area (Å²) in [6.45, 7) is 0. The van der Waals surface area contributed by atoms with Gasteiger partial charge >= 0.3 is 0 Å². The Morgan fingerprint density at radius 1 is 1.17 bits per heavy atom. The van der Waals surface area contributed by atoms with Gasteiger partial charge in [0.2, 0.25) is 5.91 Å². The van der Waals surface area contributed by atoms with Crippen LogP contribution in [0, 0.1) is 0 Å². The third-order valence-corrected chi connectivity index (χ3v) is 4.04. The van der Waals surface area contributed by atoms with Gasteiger partial charge in [-0.05, 0) is 17.7 Å². The second-order valence-electron chi connectivity index (χ2n) is 5.64. The van der Waals surface area contributed by atoms with E-state index in [0.717, 1.165) is 16.5 Å². The van der Waals surface area contributed by atoms with Crippen molar-refractivity contribution in [2.24, 2.45) is 0 Å². The van der Waals surface area contributed by atoms with Gasteiger partial charge in [0.25, 0.3) is 5.91 Å². The lowest BCUT2D eigenvalue weighted by Gasteiger charge is -2.24. The minimum Gasteiger partial charge on any atom is -0.361 e. The molecule has 1 fully saturated rings. The molecule has 3 aromatic rings. The minimum atomic E-state index is -0.601. The molecular weight excluding hydrogens is 306 g/mol. The van der Waals surface area contributed by atoms with Crippen LogP contribution in [0.1, 0.15) is 11.3 Å². The molecule has 7 heteroatoms. The molecule has 7 nitrogen and oxygen atoms in total. The number of fused-ring (bicyclic) bond motifs is 1. The van der Waals surface area contributed by atoms with Crippen molar-refractivity contribution >= 4 is 28.8 Å². The summed E-state index contributed by atoms with van der Waals surface area (Å²) >= 11 is 0. The highest BCUT2D eigenvalue weighted by Gasteiger charge is 2.30. The Bertz CT molecular complexity index is 939. The van der Waals surface area contributed by atoms with E-state index in [-0.39, 0.29) is 17.5 Å². The molecule has 120 valence electrons. The Balaban J connectivity index is 1.54. The smallest absolute Gasteiger partial charge is 0.268 e. The molecule has 4 rings (SSSR count). The van der Waals surface area contributed by atoms with Crippen LogP contribution in [-0.2, 0) is 16.0 Å². The molecule has 1 aromatic carbocycles. The molecule has 0 spiro atoms. The van der Waals surface area contributed by atoms with E-state index in [9.17, 15) is 9.59 Å². The highest BCUT2D eigenvalue weighted by Crippen LogP contribution is 2.20. The average molecular weight is 321 g/mol. The van der Waals surface area contributed by atoms with Gasteiger partial charge < -0.3 is 20.6 Å². The summed E-state index contributed by atoms with van der Waals surface area (Å²) < 4.78 is 0. The van der Waals surface area contributed by atoms with Crippen LogP contribution in [0.5, 0.6) is 0 Å². The van der Waals surface area contributed by atoms with Gasteiger partial charge in [0, 0.05) is 23.5 Å². The van der Waals surface area contributed by atoms with Gasteiger partial charge in [0.15, 0.2) is 0 Å². The van der Waals surface area contributed by atoms with Gasteiger partial charge in [-0.1, -0.05) is 18.2 Å². The number of nitrogens with zero attached hydrogens (tertiary/aromatic N) is 1. The van der Waals surface area contributed by atoms with E-state index in [2.05, 4.69) is 25.6 Å². The zero-order chi connectivity index (χ0) is 16.5. The zero-order valence-corrected chi connectivity index (χ0v) is 12.7. The van der Waals surface area contributed by atoms with E-state index in [1.807, 2.05) is 30.5 Å². The van der Waals surface area contributed by atoms with Crippen LogP contribution in [-0.4, -0.2) is 32.8 Å². The second kappa shape index (κ2) is 5.69. The molecule has 0 unspecified atom stereocenters. The second-order valence-corrected chi connectivity index (χ2v) is 5.64. The number of benzene rings is 1. The summed E-state index contributed by atoms with van der Waals surface area (Å²) in [5.74, 6) is -0.542. The first-order valence-corrected chi connectivity index (χ1v) is 7.57. The maximum atomic E-state index is 12.3. The molecule has 1 atom stereocenters. The molecule has 0 radical (unpaired) electrons. The van der Waals surface area contributed by atoms with Crippen LogP contribution in [0.4, 0.5) is 0 Å². The zero-order valence-electron chi connectivity index (χ0n) is 12.7. The van der Waals surface area contributed by atoms with E-state index >= 15 is 0 Å². The van der Waals surface area contributed by atoms with Crippen molar-refractivity contribution in [2.75, 3.05) is 0 Å². The minimum absolute atomic E-state index is 0.208. The molecule has 1 saturated heterocycles. The van der Waals surface area contributed by atoms with Crippen LogP contribution in [0.3, 0.4) is 0 Å². The molecule has 4 N–H and O–H groups in total. The van der Waals surface area contributed by atoms with Crippen LogP contribution >= 0.6 is 0 Å². The largest absolute Gasteiger partial charge is 0.361 e. The van der Waals surface area contributed by atoms with Gasteiger partial charge in [-0.25, -0.2) is 4.98 Å². The van der Waals surface area contributed by atoms with Gasteiger partial charge in [-0.3, -0.25) is 9.59 Å². The van der Waals surface area contributed by atoms with E-state index in [0.29, 0.717) is 12.1 Å². The summed E-state index contributed by atoms with van der Waals surface area (Å²) in [5.41, 5.74) is 2.86. The Morgan fingerprint density at radius 2 is 2.04 bits per heavy atom. The summed E-state index contributed by atoms with van der Waals surface area (Å²) in [6.07, 6.45) is 6.94. The van der Waals surface area contributed by atoms with Gasteiger partial charge in [0.1, 0.15) is 11.7 Å². The van der Waals surface area contributed by atoms with Crippen LogP contribution in [0.15, 0.2) is 48.7 Å². The summed E-state index contributed by atoms with van der Waals surface area (Å²) in [5, 5.41) is 6.49. The number of H-pyrrole nitrogens is 2. The number of piperazine rings is 1. The Hall–Kier alpha value is -3.35. The number of para-hydroxylation sites is 1. The van der Waals surface area contributed by atoms with Gasteiger partial charge in [-0.2, -0.15) is 0 Å². The number of hydrogen-bond donors (Lipinski definition) is 4. The predicted octanol–water partition coefficient (Wildman–Crippen LogP) is 1.09.